The summed E-state index contributed by atoms with van der Waals surface area (Å²) in [6, 6.07) is 59.6. The molecule has 6 aromatic rings. The molecule has 6 heteroatoms. The molecule has 4 nitrogen and oxygen atoms in total. The summed E-state index contributed by atoms with van der Waals surface area (Å²) < 4.78 is 31.3. The van der Waals surface area contributed by atoms with Crippen LogP contribution >= 0.6 is 7.26 Å². The highest BCUT2D eigenvalue weighted by atomic mass is 32.2. The molecule has 0 radical (unpaired) electrons. The monoisotopic (exact) mass is 611 g/mol. The first kappa shape index (κ1) is 29.1. The van der Waals surface area contributed by atoms with Gasteiger partial charge < -0.3 is 5.32 Å². The average molecular weight is 612 g/mol. The molecule has 0 aliphatic heterocycles. The van der Waals surface area contributed by atoms with Crippen LogP contribution in [0.15, 0.2) is 193 Å². The summed E-state index contributed by atoms with van der Waals surface area (Å²) in [5.74, 6) is 0.399. The Bertz CT molecular complexity index is 1840. The smallest absolute Gasteiger partial charge is 0.263 e. The van der Waals surface area contributed by atoms with Gasteiger partial charge in [-0.05, 0) is 60.7 Å². The van der Waals surface area contributed by atoms with E-state index in [2.05, 4.69) is 95.0 Å². The van der Waals surface area contributed by atoms with Crippen molar-refractivity contribution in [2.45, 2.75) is 4.90 Å². The van der Waals surface area contributed by atoms with Gasteiger partial charge in [-0.3, -0.25) is 4.72 Å². The van der Waals surface area contributed by atoms with Crippen molar-refractivity contribution < 1.29 is 8.42 Å². The number of para-hydroxylation sites is 1. The molecule has 0 spiro atoms. The van der Waals surface area contributed by atoms with Gasteiger partial charge in [0.1, 0.15) is 23.2 Å². The van der Waals surface area contributed by atoms with Crippen molar-refractivity contribution in [2.24, 2.45) is 0 Å². The van der Waals surface area contributed by atoms with Crippen molar-refractivity contribution in [3.05, 3.63) is 193 Å². The lowest BCUT2D eigenvalue weighted by atomic mass is 10.2. The van der Waals surface area contributed by atoms with E-state index >= 15 is 0 Å². The van der Waals surface area contributed by atoms with E-state index in [9.17, 15) is 8.42 Å². The normalized spacial score (nSPS) is 12.2. The summed E-state index contributed by atoms with van der Waals surface area (Å²) >= 11 is 0. The highest BCUT2D eigenvalue weighted by molar-refractivity contribution is 8.03. The van der Waals surface area contributed by atoms with Crippen LogP contribution in [0.2, 0.25) is 0 Å². The van der Waals surface area contributed by atoms with E-state index in [0.29, 0.717) is 5.82 Å². The number of sulfonamides is 1. The fraction of sp³-hybridized carbons (Fsp3) is 0. The van der Waals surface area contributed by atoms with Crippen molar-refractivity contribution in [2.75, 3.05) is 5.32 Å². The minimum absolute atomic E-state index is 0.183. The van der Waals surface area contributed by atoms with Gasteiger partial charge in [-0.25, -0.2) is 8.42 Å². The Morgan fingerprint density at radius 2 is 0.818 bits per heavy atom. The van der Waals surface area contributed by atoms with Crippen molar-refractivity contribution in [3.8, 4) is 0 Å². The average Bonchev–Trinajstić information content (AvgIpc) is 3.09. The summed E-state index contributed by atoms with van der Waals surface area (Å²) in [4.78, 5) is 0.183. The molecule has 0 amide bonds. The Morgan fingerprint density at radius 3 is 1.25 bits per heavy atom. The molecule has 0 aliphatic rings. The molecular weight excluding hydrogens is 579 g/mol. The third-order valence-electron chi connectivity index (χ3n) is 7.38. The maximum absolute atomic E-state index is 14.1. The zero-order valence-corrected chi connectivity index (χ0v) is 25.7. The van der Waals surface area contributed by atoms with Crippen LogP contribution in [0, 0.1) is 0 Å². The number of hydrogen-bond donors (Lipinski definition) is 2. The Labute approximate surface area is 260 Å². The standard InChI is InChI=1S/C38H32N2O2PS/c41-44(42,36-29-17-6-18-30-36)40-38(39-32-21-9-2-10-22-32)37(31-19-7-1-8-20-31)43(33-23-11-3-12-24-33,34-25-13-4-14-26-34)35-27-15-5-16-28-35/h1-30,39-40H/q+1/b38-37-. The van der Waals surface area contributed by atoms with Gasteiger partial charge in [-0.2, -0.15) is 0 Å². The summed E-state index contributed by atoms with van der Waals surface area (Å²) in [6.07, 6.45) is 0. The Hall–Kier alpha value is -4.96. The van der Waals surface area contributed by atoms with Crippen molar-refractivity contribution in [1.82, 2.24) is 4.72 Å². The van der Waals surface area contributed by atoms with Crippen molar-refractivity contribution in [1.29, 1.82) is 0 Å². The quantitative estimate of drug-likeness (QED) is 0.159. The third-order valence-corrected chi connectivity index (χ3v) is 13.1. The van der Waals surface area contributed by atoms with Gasteiger partial charge in [-0.1, -0.05) is 121 Å². The van der Waals surface area contributed by atoms with E-state index in [1.54, 1.807) is 24.3 Å². The third kappa shape index (κ3) is 5.93. The molecule has 0 atom stereocenters. The summed E-state index contributed by atoms with van der Waals surface area (Å²) in [6.45, 7) is 0. The minimum atomic E-state index is -3.99. The molecule has 0 aromatic heterocycles. The highest BCUT2D eigenvalue weighted by Gasteiger charge is 2.52. The van der Waals surface area contributed by atoms with Gasteiger partial charge in [0.25, 0.3) is 10.0 Å². The first-order chi connectivity index (χ1) is 21.6. The molecule has 216 valence electrons. The second kappa shape index (κ2) is 13.1. The zero-order chi connectivity index (χ0) is 30.2. The van der Waals surface area contributed by atoms with Crippen LogP contribution in [0.4, 0.5) is 5.69 Å². The van der Waals surface area contributed by atoms with Crippen molar-refractivity contribution in [3.63, 3.8) is 0 Å². The molecule has 0 saturated heterocycles. The number of rotatable bonds is 10. The maximum atomic E-state index is 14.1. The van der Waals surface area contributed by atoms with Gasteiger partial charge in [0.15, 0.2) is 11.1 Å². The summed E-state index contributed by atoms with van der Waals surface area (Å²) in [5, 5.41) is 7.70. The largest absolute Gasteiger partial charge is 0.338 e. The molecule has 6 aromatic carbocycles. The molecular formula is C38H32N2O2PS+. The predicted octanol–water partition coefficient (Wildman–Crippen LogP) is 7.40. The lowest BCUT2D eigenvalue weighted by molar-refractivity contribution is 0.589. The number of nitrogens with one attached hydrogen (secondary N) is 2. The SMILES string of the molecule is O=S(=O)(N/C(Nc1ccccc1)=C(/c1ccccc1)[P+](c1ccccc1)(c1ccccc1)c1ccccc1)c1ccccc1. The lowest BCUT2D eigenvalue weighted by Crippen LogP contribution is -2.36. The molecule has 0 fully saturated rings. The molecule has 0 saturated carbocycles. The molecule has 2 N–H and O–H groups in total. The van der Waals surface area contributed by atoms with Gasteiger partial charge in [0.2, 0.25) is 0 Å². The van der Waals surface area contributed by atoms with Crippen LogP contribution in [0.1, 0.15) is 5.56 Å². The Kier molecular flexibility index (Phi) is 8.69. The minimum Gasteiger partial charge on any atom is -0.338 e. The molecule has 0 heterocycles. The number of benzene rings is 6. The molecule has 6 rings (SSSR count). The van der Waals surface area contributed by atoms with E-state index in [-0.39, 0.29) is 4.90 Å². The van der Waals surface area contributed by atoms with E-state index in [0.717, 1.165) is 32.5 Å². The molecule has 0 unspecified atom stereocenters. The van der Waals surface area contributed by atoms with Crippen LogP contribution < -0.4 is 26.0 Å². The topological polar surface area (TPSA) is 58.2 Å². The van der Waals surface area contributed by atoms with E-state index in [1.165, 1.54) is 0 Å². The number of hydrogen-bond acceptors (Lipinski definition) is 3. The second-order valence-corrected chi connectivity index (χ2v) is 15.2. The van der Waals surface area contributed by atoms with Gasteiger partial charge in [-0.15, -0.1) is 0 Å². The predicted molar refractivity (Wildman–Crippen MR) is 185 cm³/mol. The first-order valence-electron chi connectivity index (χ1n) is 14.4. The van der Waals surface area contributed by atoms with Crippen LogP contribution in [-0.2, 0) is 10.0 Å². The summed E-state index contributed by atoms with van der Waals surface area (Å²) in [7, 11) is -6.76. The Morgan fingerprint density at radius 1 is 0.455 bits per heavy atom. The first-order valence-corrected chi connectivity index (χ1v) is 17.6. The lowest BCUT2D eigenvalue weighted by Gasteiger charge is -2.32. The fourth-order valence-corrected chi connectivity index (χ4v) is 11.1. The van der Waals surface area contributed by atoms with E-state index in [1.807, 2.05) is 72.8 Å². The summed E-state index contributed by atoms with van der Waals surface area (Å²) in [5.41, 5.74) is 1.67. The van der Waals surface area contributed by atoms with E-state index in [4.69, 9.17) is 0 Å². The van der Waals surface area contributed by atoms with E-state index < -0.39 is 17.3 Å². The highest BCUT2D eigenvalue weighted by Crippen LogP contribution is 2.67. The van der Waals surface area contributed by atoms with Crippen LogP contribution in [0.5, 0.6) is 0 Å². The zero-order valence-electron chi connectivity index (χ0n) is 24.0. The van der Waals surface area contributed by atoms with Crippen molar-refractivity contribution >= 4 is 44.2 Å². The van der Waals surface area contributed by atoms with Gasteiger partial charge in [0, 0.05) is 11.3 Å². The maximum Gasteiger partial charge on any atom is 0.263 e. The number of anilines is 1. The van der Waals surface area contributed by atoms with Gasteiger partial charge in [0.05, 0.1) is 4.90 Å². The molecule has 0 aliphatic carbocycles. The van der Waals surface area contributed by atoms with Crippen LogP contribution in [0.25, 0.3) is 5.31 Å². The molecule has 44 heavy (non-hydrogen) atoms. The van der Waals surface area contributed by atoms with Crippen LogP contribution in [0.3, 0.4) is 0 Å². The fourth-order valence-electron chi connectivity index (χ4n) is 5.48. The van der Waals surface area contributed by atoms with Gasteiger partial charge >= 0.3 is 0 Å². The Balaban J connectivity index is 1.78. The second-order valence-electron chi connectivity index (χ2n) is 10.2. The van der Waals surface area contributed by atoms with Crippen LogP contribution in [-0.4, -0.2) is 8.42 Å². The molecule has 0 bridgehead atoms.